The van der Waals surface area contributed by atoms with Crippen LogP contribution in [0.15, 0.2) is 12.2 Å². The van der Waals surface area contributed by atoms with Crippen LogP contribution in [0.1, 0.15) is 45.4 Å². The highest BCUT2D eigenvalue weighted by molar-refractivity contribution is 5.82. The van der Waals surface area contributed by atoms with Crippen molar-refractivity contribution >= 4 is 5.91 Å². The minimum Gasteiger partial charge on any atom is -0.375 e. The Hall–Kier alpha value is -0.870. The smallest absolute Gasteiger partial charge is 0.227 e. The summed E-state index contributed by atoms with van der Waals surface area (Å²) in [6.07, 6.45) is 6.49. The number of hydrogen-bond donors (Lipinski definition) is 2. The molecule has 0 bridgehead atoms. The van der Waals surface area contributed by atoms with Gasteiger partial charge in [-0.25, -0.2) is 0 Å². The first-order chi connectivity index (χ1) is 9.10. The first-order valence-corrected chi connectivity index (χ1v) is 7.31. The minimum absolute atomic E-state index is 0.107. The number of nitrogens with two attached hydrogens (primary N) is 1. The number of nitrogens with one attached hydrogen (secondary N) is 1. The van der Waals surface area contributed by atoms with Crippen molar-refractivity contribution < 1.29 is 9.53 Å². The minimum atomic E-state index is -0.342. The molecule has 1 rings (SSSR count). The number of carbonyl (C=O) groups is 1. The van der Waals surface area contributed by atoms with Gasteiger partial charge in [0.05, 0.1) is 18.6 Å². The van der Waals surface area contributed by atoms with Gasteiger partial charge in [-0.2, -0.15) is 0 Å². The Bertz CT molecular complexity index is 295. The molecule has 110 valence electrons. The highest BCUT2D eigenvalue weighted by Gasteiger charge is 2.36. The van der Waals surface area contributed by atoms with Gasteiger partial charge in [0, 0.05) is 13.1 Å². The number of ether oxygens (including phenoxy) is 1. The van der Waals surface area contributed by atoms with Crippen LogP contribution in [-0.2, 0) is 9.53 Å². The van der Waals surface area contributed by atoms with Crippen LogP contribution in [0.5, 0.6) is 0 Å². The molecule has 0 atom stereocenters. The lowest BCUT2D eigenvalue weighted by molar-refractivity contribution is -0.131. The van der Waals surface area contributed by atoms with Crippen molar-refractivity contribution in [2.24, 2.45) is 11.1 Å². The summed E-state index contributed by atoms with van der Waals surface area (Å²) in [7, 11) is 0. The van der Waals surface area contributed by atoms with Gasteiger partial charge >= 0.3 is 0 Å². The first kappa shape index (κ1) is 16.2. The second-order valence-corrected chi connectivity index (χ2v) is 5.66. The lowest BCUT2D eigenvalue weighted by Crippen LogP contribution is -2.46. The summed E-state index contributed by atoms with van der Waals surface area (Å²) in [5.74, 6) is 0.107. The summed E-state index contributed by atoms with van der Waals surface area (Å²) < 4.78 is 5.38. The van der Waals surface area contributed by atoms with E-state index in [1.165, 1.54) is 12.8 Å². The maximum atomic E-state index is 12.3. The van der Waals surface area contributed by atoms with Crippen molar-refractivity contribution in [3.8, 4) is 0 Å². The van der Waals surface area contributed by atoms with Gasteiger partial charge in [0.2, 0.25) is 5.91 Å². The Morgan fingerprint density at radius 2 is 1.95 bits per heavy atom. The van der Waals surface area contributed by atoms with Gasteiger partial charge in [0.15, 0.2) is 0 Å². The molecule has 0 heterocycles. The Balaban J connectivity index is 2.34. The third-order valence-corrected chi connectivity index (χ3v) is 3.81. The van der Waals surface area contributed by atoms with Crippen LogP contribution in [0.25, 0.3) is 0 Å². The first-order valence-electron chi connectivity index (χ1n) is 7.31. The summed E-state index contributed by atoms with van der Waals surface area (Å²) in [6, 6.07) is 0. The summed E-state index contributed by atoms with van der Waals surface area (Å²) in [5, 5.41) is 2.97. The molecule has 19 heavy (non-hydrogen) atoms. The Morgan fingerprint density at radius 1 is 1.32 bits per heavy atom. The van der Waals surface area contributed by atoms with E-state index in [9.17, 15) is 4.79 Å². The highest BCUT2D eigenvalue weighted by atomic mass is 16.5. The predicted molar refractivity (Wildman–Crippen MR) is 77.8 cm³/mol. The molecule has 0 aliphatic heterocycles. The van der Waals surface area contributed by atoms with Gasteiger partial charge in [0.1, 0.15) is 0 Å². The molecule has 3 N–H and O–H groups in total. The van der Waals surface area contributed by atoms with Crippen molar-refractivity contribution in [3.63, 3.8) is 0 Å². The summed E-state index contributed by atoms with van der Waals surface area (Å²) in [4.78, 5) is 12.3. The summed E-state index contributed by atoms with van der Waals surface area (Å²) in [6.45, 7) is 7.77. The van der Waals surface area contributed by atoms with Crippen molar-refractivity contribution in [1.82, 2.24) is 5.32 Å². The summed E-state index contributed by atoms with van der Waals surface area (Å²) >= 11 is 0. The number of rotatable bonds is 7. The molecule has 4 nitrogen and oxygen atoms in total. The average molecular weight is 268 g/mol. The number of carbonyl (C=O) groups excluding carboxylic acids is 1. The Labute approximate surface area is 116 Å². The third kappa shape index (κ3) is 5.33. The molecule has 0 unspecified atom stereocenters. The van der Waals surface area contributed by atoms with Crippen molar-refractivity contribution in [3.05, 3.63) is 12.2 Å². The molecule has 0 aromatic heterocycles. The zero-order chi connectivity index (χ0) is 14.1. The molecule has 0 aromatic carbocycles. The van der Waals surface area contributed by atoms with Gasteiger partial charge in [0.25, 0.3) is 0 Å². The Morgan fingerprint density at radius 3 is 2.47 bits per heavy atom. The van der Waals surface area contributed by atoms with Crippen molar-refractivity contribution in [1.29, 1.82) is 0 Å². The molecule has 1 fully saturated rings. The van der Waals surface area contributed by atoms with E-state index in [4.69, 9.17) is 10.5 Å². The second kappa shape index (κ2) is 8.33. The lowest BCUT2D eigenvalue weighted by Gasteiger charge is -2.29. The van der Waals surface area contributed by atoms with Gasteiger partial charge in [-0.05, 0) is 19.8 Å². The van der Waals surface area contributed by atoms with E-state index in [1.807, 2.05) is 6.92 Å². The monoisotopic (exact) mass is 268 g/mol. The third-order valence-electron chi connectivity index (χ3n) is 3.81. The fraction of sp³-hybridized carbons (Fsp3) is 0.800. The zero-order valence-corrected chi connectivity index (χ0v) is 12.2. The normalized spacial score (nSPS) is 18.6. The lowest BCUT2D eigenvalue weighted by atomic mass is 9.79. The zero-order valence-electron chi connectivity index (χ0n) is 12.2. The topological polar surface area (TPSA) is 64.3 Å². The fourth-order valence-electron chi connectivity index (χ4n) is 2.60. The highest BCUT2D eigenvalue weighted by Crippen LogP contribution is 2.34. The van der Waals surface area contributed by atoms with Gasteiger partial charge in [-0.15, -0.1) is 0 Å². The van der Waals surface area contributed by atoms with Crippen LogP contribution in [0.4, 0.5) is 0 Å². The maximum absolute atomic E-state index is 12.3. The van der Waals surface area contributed by atoms with Crippen molar-refractivity contribution in [2.75, 3.05) is 26.3 Å². The standard InChI is InChI=1S/C15H28N2O2/c1-13(2)11-19-10-9-17-14(18)15(12-16)7-5-3-4-6-8-15/h1,3-12,16H2,2H3,(H,17,18). The van der Waals surface area contributed by atoms with Gasteiger partial charge in [-0.3, -0.25) is 4.79 Å². The second-order valence-electron chi connectivity index (χ2n) is 5.66. The molecule has 0 radical (unpaired) electrons. The van der Waals surface area contributed by atoms with E-state index in [1.54, 1.807) is 0 Å². The van der Waals surface area contributed by atoms with Crippen molar-refractivity contribution in [2.45, 2.75) is 45.4 Å². The van der Waals surface area contributed by atoms with E-state index >= 15 is 0 Å². The maximum Gasteiger partial charge on any atom is 0.227 e. The molecule has 0 saturated heterocycles. The van der Waals surface area contributed by atoms with Gasteiger partial charge in [-0.1, -0.05) is 37.8 Å². The molecular weight excluding hydrogens is 240 g/mol. The van der Waals surface area contributed by atoms with Crippen LogP contribution in [0.3, 0.4) is 0 Å². The molecule has 1 saturated carbocycles. The van der Waals surface area contributed by atoms with Crippen LogP contribution in [0.2, 0.25) is 0 Å². The van der Waals surface area contributed by atoms with E-state index in [-0.39, 0.29) is 11.3 Å². The van der Waals surface area contributed by atoms with Crippen LogP contribution >= 0.6 is 0 Å². The largest absolute Gasteiger partial charge is 0.375 e. The Kier molecular flexibility index (Phi) is 7.10. The van der Waals surface area contributed by atoms with E-state index < -0.39 is 0 Å². The predicted octanol–water partition coefficient (Wildman–Crippen LogP) is 1.99. The van der Waals surface area contributed by atoms with E-state index in [2.05, 4.69) is 11.9 Å². The molecule has 0 spiro atoms. The molecule has 4 heteroatoms. The summed E-state index contributed by atoms with van der Waals surface area (Å²) in [5.41, 5.74) is 6.53. The molecule has 1 aliphatic carbocycles. The average Bonchev–Trinajstić information content (AvgIpc) is 2.64. The molecule has 1 aliphatic rings. The SMILES string of the molecule is C=C(C)COCCNC(=O)C1(CN)CCCCCC1. The van der Waals surface area contributed by atoms with Crippen LogP contribution in [-0.4, -0.2) is 32.2 Å². The van der Waals surface area contributed by atoms with E-state index in [0.717, 1.165) is 31.3 Å². The van der Waals surface area contributed by atoms with Crippen LogP contribution < -0.4 is 11.1 Å². The molecule has 1 amide bonds. The molecular formula is C15H28N2O2. The number of hydrogen-bond acceptors (Lipinski definition) is 3. The van der Waals surface area contributed by atoms with E-state index in [0.29, 0.717) is 26.3 Å². The fourth-order valence-corrected chi connectivity index (χ4v) is 2.60. The van der Waals surface area contributed by atoms with Crippen LogP contribution in [0, 0.1) is 5.41 Å². The number of amides is 1. The quantitative estimate of drug-likeness (QED) is 0.422. The molecule has 0 aromatic rings. The van der Waals surface area contributed by atoms with Gasteiger partial charge < -0.3 is 15.8 Å².